The second-order valence-electron chi connectivity index (χ2n) is 7.74. The Kier molecular flexibility index (Phi) is 5.49. The summed E-state index contributed by atoms with van der Waals surface area (Å²) in [5, 5.41) is 5.45. The van der Waals surface area contributed by atoms with Crippen LogP contribution in [0.1, 0.15) is 6.42 Å². The predicted octanol–water partition coefficient (Wildman–Crippen LogP) is 2.79. The molecule has 4 rings (SSSR count). The molecule has 2 aliphatic rings. The number of nitrogens with one attached hydrogen (secondary N) is 2. The number of amides is 2. The van der Waals surface area contributed by atoms with E-state index in [1.807, 2.05) is 24.3 Å². The van der Waals surface area contributed by atoms with E-state index in [1.165, 1.54) is 12.1 Å². The maximum absolute atomic E-state index is 13.7. The lowest BCUT2D eigenvalue weighted by Crippen LogP contribution is -2.44. The minimum atomic E-state index is -0.483. The summed E-state index contributed by atoms with van der Waals surface area (Å²) < 4.78 is 13.7. The molecule has 1 aliphatic heterocycles. The zero-order chi connectivity index (χ0) is 20.4. The summed E-state index contributed by atoms with van der Waals surface area (Å²) in [4.78, 5) is 29.4. The van der Waals surface area contributed by atoms with E-state index < -0.39 is 11.7 Å². The average Bonchev–Trinajstić information content (AvgIpc) is 3.52. The average molecular weight is 396 g/mol. The molecule has 1 saturated heterocycles. The van der Waals surface area contributed by atoms with Crippen LogP contribution in [-0.2, 0) is 9.59 Å². The molecule has 2 aromatic rings. The van der Waals surface area contributed by atoms with E-state index in [9.17, 15) is 14.0 Å². The number of rotatable bonds is 5. The summed E-state index contributed by atoms with van der Waals surface area (Å²) in [5.41, 5.74) is 2.00. The first-order valence-corrected chi connectivity index (χ1v) is 9.91. The van der Waals surface area contributed by atoms with Crippen molar-refractivity contribution >= 4 is 28.9 Å². The largest absolute Gasteiger partial charge is 0.369 e. The van der Waals surface area contributed by atoms with Crippen LogP contribution in [0.25, 0.3) is 0 Å². The number of benzene rings is 2. The highest BCUT2D eigenvalue weighted by atomic mass is 19.1. The van der Waals surface area contributed by atoms with Crippen LogP contribution in [0, 0.1) is 17.7 Å². The Balaban J connectivity index is 1.29. The van der Waals surface area contributed by atoms with Crippen LogP contribution in [0.2, 0.25) is 0 Å². The Morgan fingerprint density at radius 1 is 0.897 bits per heavy atom. The molecule has 1 aliphatic carbocycles. The Hall–Kier alpha value is -2.93. The zero-order valence-electron chi connectivity index (χ0n) is 16.4. The van der Waals surface area contributed by atoms with Gasteiger partial charge in [-0.2, -0.15) is 0 Å². The fraction of sp³-hybridized carbons (Fsp3) is 0.364. The number of hydrogen-bond acceptors (Lipinski definition) is 4. The summed E-state index contributed by atoms with van der Waals surface area (Å²) in [7, 11) is 2.12. The number of piperazine rings is 1. The quantitative estimate of drug-likeness (QED) is 0.816. The molecule has 0 spiro atoms. The lowest BCUT2D eigenvalue weighted by Gasteiger charge is -2.34. The van der Waals surface area contributed by atoms with E-state index in [0.29, 0.717) is 12.1 Å². The van der Waals surface area contributed by atoms with Crippen molar-refractivity contribution in [2.24, 2.45) is 11.8 Å². The maximum Gasteiger partial charge on any atom is 0.228 e. The van der Waals surface area contributed by atoms with Gasteiger partial charge in [0.25, 0.3) is 0 Å². The number of likely N-dealkylation sites (N-methyl/N-ethyl adjacent to an activating group) is 1. The molecule has 2 fully saturated rings. The van der Waals surface area contributed by atoms with Crippen LogP contribution in [0.5, 0.6) is 0 Å². The molecule has 1 heterocycles. The van der Waals surface area contributed by atoms with Gasteiger partial charge in [0.2, 0.25) is 11.8 Å². The summed E-state index contributed by atoms with van der Waals surface area (Å²) in [6.45, 7) is 4.05. The van der Waals surface area contributed by atoms with Gasteiger partial charge in [-0.3, -0.25) is 9.59 Å². The van der Waals surface area contributed by atoms with E-state index in [1.54, 1.807) is 12.1 Å². The minimum absolute atomic E-state index is 0.142. The predicted molar refractivity (Wildman–Crippen MR) is 111 cm³/mol. The number of hydrogen-bond donors (Lipinski definition) is 2. The van der Waals surface area contributed by atoms with Crippen molar-refractivity contribution in [1.82, 2.24) is 4.90 Å². The SMILES string of the molecule is CN1CCN(c2ccc(NC(=O)C3CC3C(=O)Nc3ccccc3F)cc2)CC1. The molecule has 2 amide bonds. The fourth-order valence-corrected chi connectivity index (χ4v) is 3.62. The first-order chi connectivity index (χ1) is 14.0. The molecule has 152 valence electrons. The highest BCUT2D eigenvalue weighted by molar-refractivity contribution is 6.03. The summed E-state index contributed by atoms with van der Waals surface area (Å²) in [6.07, 6.45) is 0.478. The van der Waals surface area contributed by atoms with Crippen LogP contribution in [-0.4, -0.2) is 49.9 Å². The molecule has 29 heavy (non-hydrogen) atoms. The van der Waals surface area contributed by atoms with Gasteiger partial charge in [-0.05, 0) is 49.9 Å². The minimum Gasteiger partial charge on any atom is -0.369 e. The van der Waals surface area contributed by atoms with Gasteiger partial charge in [-0.25, -0.2) is 4.39 Å². The first kappa shape index (κ1) is 19.4. The molecule has 0 radical (unpaired) electrons. The summed E-state index contributed by atoms with van der Waals surface area (Å²) >= 11 is 0. The molecular weight excluding hydrogens is 371 g/mol. The number of anilines is 3. The monoisotopic (exact) mass is 396 g/mol. The highest BCUT2D eigenvalue weighted by Gasteiger charge is 2.48. The van der Waals surface area contributed by atoms with E-state index >= 15 is 0 Å². The van der Waals surface area contributed by atoms with E-state index in [4.69, 9.17) is 0 Å². The van der Waals surface area contributed by atoms with Crippen molar-refractivity contribution in [3.63, 3.8) is 0 Å². The molecule has 2 unspecified atom stereocenters. The number of nitrogens with zero attached hydrogens (tertiary/aromatic N) is 2. The third-order valence-electron chi connectivity index (χ3n) is 5.60. The van der Waals surface area contributed by atoms with Crippen molar-refractivity contribution in [3.05, 3.63) is 54.3 Å². The van der Waals surface area contributed by atoms with Gasteiger partial charge >= 0.3 is 0 Å². The lowest BCUT2D eigenvalue weighted by molar-refractivity contribution is -0.122. The zero-order valence-corrected chi connectivity index (χ0v) is 16.4. The number of para-hydroxylation sites is 1. The van der Waals surface area contributed by atoms with Gasteiger partial charge in [0.1, 0.15) is 5.82 Å². The number of halogens is 1. The van der Waals surface area contributed by atoms with Gasteiger partial charge < -0.3 is 20.4 Å². The van der Waals surface area contributed by atoms with Gasteiger partial charge in [0.05, 0.1) is 17.5 Å². The fourth-order valence-electron chi connectivity index (χ4n) is 3.62. The molecule has 2 atom stereocenters. The summed E-state index contributed by atoms with van der Waals surface area (Å²) in [5.74, 6) is -1.77. The Morgan fingerprint density at radius 2 is 1.52 bits per heavy atom. The van der Waals surface area contributed by atoms with Gasteiger partial charge in [0, 0.05) is 37.6 Å². The lowest BCUT2D eigenvalue weighted by atomic mass is 10.2. The van der Waals surface area contributed by atoms with Crippen molar-refractivity contribution in [2.45, 2.75) is 6.42 Å². The van der Waals surface area contributed by atoms with E-state index in [0.717, 1.165) is 31.9 Å². The Bertz CT molecular complexity index is 894. The van der Waals surface area contributed by atoms with Crippen molar-refractivity contribution in [3.8, 4) is 0 Å². The molecule has 6 nitrogen and oxygen atoms in total. The van der Waals surface area contributed by atoms with Crippen LogP contribution in [0.3, 0.4) is 0 Å². The second kappa shape index (κ2) is 8.21. The third kappa shape index (κ3) is 4.56. The summed E-state index contributed by atoms with van der Waals surface area (Å²) in [6, 6.07) is 13.8. The Labute approximate surface area is 169 Å². The van der Waals surface area contributed by atoms with Crippen LogP contribution in [0.15, 0.2) is 48.5 Å². The molecule has 7 heteroatoms. The standard InChI is InChI=1S/C22H25FN4O2/c1-26-10-12-27(13-11-26)16-8-6-15(7-9-16)24-21(28)17-14-18(17)22(29)25-20-5-3-2-4-19(20)23/h2-9,17-18H,10-14H2,1H3,(H,24,28)(H,25,29). The Morgan fingerprint density at radius 3 is 2.17 bits per heavy atom. The molecule has 0 bridgehead atoms. The van der Waals surface area contributed by atoms with Crippen LogP contribution >= 0.6 is 0 Å². The number of carbonyl (C=O) groups is 2. The second-order valence-corrected chi connectivity index (χ2v) is 7.74. The molecule has 0 aromatic heterocycles. The number of carbonyl (C=O) groups excluding carboxylic acids is 2. The van der Waals surface area contributed by atoms with Gasteiger partial charge in [0.15, 0.2) is 0 Å². The topological polar surface area (TPSA) is 64.7 Å². The highest BCUT2D eigenvalue weighted by Crippen LogP contribution is 2.40. The van der Waals surface area contributed by atoms with Crippen LogP contribution in [0.4, 0.5) is 21.5 Å². The molecule has 2 N–H and O–H groups in total. The molecule has 1 saturated carbocycles. The normalized spacial score (nSPS) is 21.5. The van der Waals surface area contributed by atoms with Crippen LogP contribution < -0.4 is 15.5 Å². The maximum atomic E-state index is 13.7. The molecular formula is C22H25FN4O2. The third-order valence-corrected chi connectivity index (χ3v) is 5.60. The van der Waals surface area contributed by atoms with Gasteiger partial charge in [-0.15, -0.1) is 0 Å². The molecule has 2 aromatic carbocycles. The van der Waals surface area contributed by atoms with Crippen molar-refractivity contribution < 1.29 is 14.0 Å². The van der Waals surface area contributed by atoms with Gasteiger partial charge in [-0.1, -0.05) is 12.1 Å². The van der Waals surface area contributed by atoms with Crippen molar-refractivity contribution in [2.75, 3.05) is 48.8 Å². The van der Waals surface area contributed by atoms with E-state index in [-0.39, 0.29) is 23.4 Å². The van der Waals surface area contributed by atoms with Crippen molar-refractivity contribution in [1.29, 1.82) is 0 Å². The first-order valence-electron chi connectivity index (χ1n) is 9.91. The smallest absolute Gasteiger partial charge is 0.228 e. The van der Waals surface area contributed by atoms with E-state index in [2.05, 4.69) is 27.5 Å².